The van der Waals surface area contributed by atoms with Gasteiger partial charge in [0.15, 0.2) is 17.7 Å². The molecule has 2 rings (SSSR count). The lowest BCUT2D eigenvalue weighted by Gasteiger charge is -2.15. The van der Waals surface area contributed by atoms with Gasteiger partial charge < -0.3 is 33.5 Å². The highest BCUT2D eigenvalue weighted by molar-refractivity contribution is 5.80. The number of hydrogen-bond donors (Lipinski definition) is 0. The average Bonchev–Trinajstić information content (AvgIpc) is 2.43. The van der Waals surface area contributed by atoms with Gasteiger partial charge in [-0.25, -0.2) is 4.58 Å². The summed E-state index contributed by atoms with van der Waals surface area (Å²) in [6.45, 7) is 4.47. The average molecular weight is 375 g/mol. The van der Waals surface area contributed by atoms with E-state index in [-0.39, 0.29) is 24.0 Å². The summed E-state index contributed by atoms with van der Waals surface area (Å²) in [7, 11) is 3.37. The topological polar surface area (TPSA) is 21.5 Å². The van der Waals surface area contributed by atoms with Crippen molar-refractivity contribution in [3.05, 3.63) is 23.3 Å². The zero-order valence-corrected chi connectivity index (χ0v) is 14.1. The lowest BCUT2D eigenvalue weighted by atomic mass is 10.0. The van der Waals surface area contributed by atoms with Crippen LogP contribution in [0.1, 0.15) is 30.9 Å². The summed E-state index contributed by atoms with van der Waals surface area (Å²) >= 11 is 0. The van der Waals surface area contributed by atoms with E-state index in [0.717, 1.165) is 31.0 Å². The van der Waals surface area contributed by atoms with Gasteiger partial charge >= 0.3 is 0 Å². The Hall–Kier alpha value is -0.780. The molecule has 3 nitrogen and oxygen atoms in total. The first-order valence-corrected chi connectivity index (χ1v) is 6.62. The summed E-state index contributed by atoms with van der Waals surface area (Å²) in [5.41, 5.74) is 2.61. The zero-order valence-electron chi connectivity index (χ0n) is 11.9. The van der Waals surface area contributed by atoms with Crippen LogP contribution in [-0.2, 0) is 6.42 Å². The second-order valence-electron chi connectivity index (χ2n) is 4.67. The van der Waals surface area contributed by atoms with Gasteiger partial charge in [0.1, 0.15) is 13.1 Å². The number of benzene rings is 1. The Kier molecular flexibility index (Phi) is 6.62. The third-order valence-electron chi connectivity index (χ3n) is 3.43. The van der Waals surface area contributed by atoms with Gasteiger partial charge in [-0.05, 0) is 17.7 Å². The summed E-state index contributed by atoms with van der Waals surface area (Å²) < 4.78 is 13.1. The largest absolute Gasteiger partial charge is 1.00 e. The van der Waals surface area contributed by atoms with Gasteiger partial charge in [0.05, 0.1) is 14.2 Å². The molecule has 0 bridgehead atoms. The maximum atomic E-state index is 5.36. The first kappa shape index (κ1) is 16.3. The van der Waals surface area contributed by atoms with Crippen LogP contribution in [0, 0.1) is 0 Å². The first-order chi connectivity index (χ1) is 8.78. The molecule has 0 fully saturated rings. The van der Waals surface area contributed by atoms with Gasteiger partial charge in [-0.15, -0.1) is 0 Å². The van der Waals surface area contributed by atoms with Gasteiger partial charge in [0, 0.05) is 18.4 Å². The molecule has 1 aliphatic heterocycles. The van der Waals surface area contributed by atoms with Gasteiger partial charge in [-0.1, -0.05) is 13.3 Å². The van der Waals surface area contributed by atoms with E-state index in [0.29, 0.717) is 0 Å². The zero-order chi connectivity index (χ0) is 13.0. The summed E-state index contributed by atoms with van der Waals surface area (Å²) in [6, 6.07) is 4.17. The summed E-state index contributed by atoms with van der Waals surface area (Å²) in [5.74, 6) is 1.64. The lowest BCUT2D eigenvalue weighted by molar-refractivity contribution is -0.524. The van der Waals surface area contributed by atoms with Crippen LogP contribution in [-0.4, -0.2) is 38.1 Å². The van der Waals surface area contributed by atoms with Gasteiger partial charge in [-0.3, -0.25) is 0 Å². The number of nitrogens with zero attached hydrogens (tertiary/aromatic N) is 1. The molecule has 0 atom stereocenters. The van der Waals surface area contributed by atoms with Crippen molar-refractivity contribution in [3.8, 4) is 11.5 Å². The number of halogens is 1. The Morgan fingerprint density at radius 2 is 1.84 bits per heavy atom. The minimum Gasteiger partial charge on any atom is -1.00 e. The van der Waals surface area contributed by atoms with E-state index < -0.39 is 0 Å². The van der Waals surface area contributed by atoms with Crippen molar-refractivity contribution in [2.24, 2.45) is 0 Å². The van der Waals surface area contributed by atoms with Crippen LogP contribution in [0.2, 0.25) is 0 Å². The van der Waals surface area contributed by atoms with Crippen LogP contribution in [0.5, 0.6) is 11.5 Å². The van der Waals surface area contributed by atoms with Crippen molar-refractivity contribution in [1.82, 2.24) is 0 Å². The molecule has 4 heteroatoms. The summed E-state index contributed by atoms with van der Waals surface area (Å²) in [4.78, 5) is 0. The molecule has 0 amide bonds. The van der Waals surface area contributed by atoms with E-state index in [4.69, 9.17) is 9.47 Å². The van der Waals surface area contributed by atoms with Crippen LogP contribution in [0.15, 0.2) is 12.1 Å². The summed E-state index contributed by atoms with van der Waals surface area (Å²) in [5, 5.41) is 0. The second kappa shape index (κ2) is 7.72. The van der Waals surface area contributed by atoms with Crippen molar-refractivity contribution in [1.29, 1.82) is 0 Å². The molecule has 0 unspecified atom stereocenters. The first-order valence-electron chi connectivity index (χ1n) is 6.62. The number of methoxy groups -OCH3 is 2. The fourth-order valence-electron chi connectivity index (χ4n) is 2.34. The molecule has 0 saturated carbocycles. The molecule has 0 aromatic heterocycles. The number of ether oxygens (including phenoxy) is 2. The highest BCUT2D eigenvalue weighted by atomic mass is 127. The number of rotatable bonds is 5. The van der Waals surface area contributed by atoms with Crippen LogP contribution >= 0.6 is 0 Å². The maximum Gasteiger partial charge on any atom is 0.171 e. The van der Waals surface area contributed by atoms with Crippen molar-refractivity contribution in [2.75, 3.05) is 27.3 Å². The van der Waals surface area contributed by atoms with E-state index in [1.165, 1.54) is 24.0 Å². The van der Waals surface area contributed by atoms with Crippen LogP contribution in [0.25, 0.3) is 0 Å². The molecule has 1 heterocycles. The minimum absolute atomic E-state index is 0. The molecule has 0 aliphatic carbocycles. The molecule has 0 spiro atoms. The maximum absolute atomic E-state index is 5.36. The molecular weight excluding hydrogens is 353 g/mol. The van der Waals surface area contributed by atoms with E-state index in [2.05, 4.69) is 29.8 Å². The standard InChI is InChI=1S/C15H22NO2.HI/c1-4-5-7-16-8-6-12-9-14(17-2)15(18-3)10-13(12)11-16;/h9-11H,4-8H2,1-3H3;1H/q+1;/p-1. The quantitative estimate of drug-likeness (QED) is 0.511. The third kappa shape index (κ3) is 3.84. The van der Waals surface area contributed by atoms with Crippen LogP contribution < -0.4 is 33.5 Å². The molecule has 1 aromatic carbocycles. The predicted octanol–water partition coefficient (Wildman–Crippen LogP) is -0.505. The minimum atomic E-state index is 0. The van der Waals surface area contributed by atoms with Crippen molar-refractivity contribution in [3.63, 3.8) is 0 Å². The number of hydrogen-bond acceptors (Lipinski definition) is 2. The molecule has 1 aliphatic rings. The molecular formula is C15H22INO2. The molecule has 0 radical (unpaired) electrons. The Morgan fingerprint density at radius 1 is 1.16 bits per heavy atom. The normalized spacial score (nSPS) is 13.1. The molecule has 0 N–H and O–H groups in total. The van der Waals surface area contributed by atoms with Crippen LogP contribution in [0.4, 0.5) is 0 Å². The smallest absolute Gasteiger partial charge is 0.171 e. The highest BCUT2D eigenvalue weighted by Gasteiger charge is 2.18. The number of fused-ring (bicyclic) bond motifs is 1. The fraction of sp³-hybridized carbons (Fsp3) is 0.533. The predicted molar refractivity (Wildman–Crippen MR) is 73.3 cm³/mol. The van der Waals surface area contributed by atoms with E-state index in [1.54, 1.807) is 14.2 Å². The monoisotopic (exact) mass is 375 g/mol. The highest BCUT2D eigenvalue weighted by Crippen LogP contribution is 2.31. The second-order valence-corrected chi connectivity index (χ2v) is 4.67. The van der Waals surface area contributed by atoms with E-state index in [9.17, 15) is 0 Å². The molecule has 19 heavy (non-hydrogen) atoms. The van der Waals surface area contributed by atoms with Gasteiger partial charge in [0.2, 0.25) is 0 Å². The third-order valence-corrected chi connectivity index (χ3v) is 3.43. The van der Waals surface area contributed by atoms with Crippen molar-refractivity contribution >= 4 is 6.21 Å². The number of unbranched alkanes of at least 4 members (excludes halogenated alkanes) is 1. The van der Waals surface area contributed by atoms with E-state index in [1.807, 2.05) is 0 Å². The van der Waals surface area contributed by atoms with Crippen molar-refractivity contribution in [2.45, 2.75) is 26.2 Å². The Labute approximate surface area is 132 Å². The van der Waals surface area contributed by atoms with Crippen LogP contribution in [0.3, 0.4) is 0 Å². The molecule has 0 saturated heterocycles. The molecule has 1 aromatic rings. The summed E-state index contributed by atoms with van der Waals surface area (Å²) in [6.07, 6.45) is 5.81. The Bertz CT molecular complexity index is 458. The fourth-order valence-corrected chi connectivity index (χ4v) is 2.34. The van der Waals surface area contributed by atoms with Gasteiger partial charge in [-0.2, -0.15) is 0 Å². The Balaban J connectivity index is 0.00000180. The lowest BCUT2D eigenvalue weighted by Crippen LogP contribution is -3.00. The molecule has 106 valence electrons. The van der Waals surface area contributed by atoms with Crippen molar-refractivity contribution < 1.29 is 38.0 Å². The van der Waals surface area contributed by atoms with Gasteiger partial charge in [0.25, 0.3) is 0 Å². The SMILES string of the molecule is CCCC[N+]1=Cc2cc(OC)c(OC)cc2CC1.[I-]. The Morgan fingerprint density at radius 3 is 2.47 bits per heavy atom. The van der Waals surface area contributed by atoms with E-state index >= 15 is 0 Å².